The molecule has 3 aromatic rings. The second-order valence-electron chi connectivity index (χ2n) is 6.66. The van der Waals surface area contributed by atoms with E-state index in [-0.39, 0.29) is 41.0 Å². The van der Waals surface area contributed by atoms with E-state index in [1.807, 2.05) is 25.3 Å². The van der Waals surface area contributed by atoms with Gasteiger partial charge in [-0.15, -0.1) is 11.3 Å². The van der Waals surface area contributed by atoms with Gasteiger partial charge in [0, 0.05) is 19.5 Å². The lowest BCUT2D eigenvalue weighted by atomic mass is 10.1. The Balaban J connectivity index is 1.91. The van der Waals surface area contributed by atoms with Crippen molar-refractivity contribution in [1.29, 1.82) is 0 Å². The molecule has 0 aliphatic rings. The zero-order chi connectivity index (χ0) is 22.5. The number of hydrogen-bond donors (Lipinski definition) is 1. The lowest BCUT2D eigenvalue weighted by molar-refractivity contribution is 0.0392. The second-order valence-corrected chi connectivity index (χ2v) is 7.68. The van der Waals surface area contributed by atoms with Crippen molar-refractivity contribution in [3.63, 3.8) is 0 Å². The van der Waals surface area contributed by atoms with E-state index in [2.05, 4.69) is 10.3 Å². The van der Waals surface area contributed by atoms with Crippen LogP contribution < -0.4 is 5.32 Å². The number of nitrogens with zero attached hydrogens (tertiary/aromatic N) is 2. The summed E-state index contributed by atoms with van der Waals surface area (Å²) in [5, 5.41) is 2.90. The zero-order valence-corrected chi connectivity index (χ0v) is 18.5. The maximum atomic E-state index is 12.8. The van der Waals surface area contributed by atoms with Crippen molar-refractivity contribution in [3.05, 3.63) is 51.8 Å². The fourth-order valence-electron chi connectivity index (χ4n) is 2.89. The number of thiophene rings is 1. The number of carbonyl (C=O) groups is 3. The Morgan fingerprint density at radius 3 is 2.65 bits per heavy atom. The van der Waals surface area contributed by atoms with E-state index >= 15 is 0 Å². The van der Waals surface area contributed by atoms with Gasteiger partial charge < -0.3 is 23.9 Å². The molecule has 9 nitrogen and oxygen atoms in total. The van der Waals surface area contributed by atoms with Crippen LogP contribution in [-0.2, 0) is 14.2 Å². The number of rotatable bonds is 8. The summed E-state index contributed by atoms with van der Waals surface area (Å²) in [7, 11) is 1.50. The first-order chi connectivity index (χ1) is 14.8. The third kappa shape index (κ3) is 4.92. The molecular weight excluding hydrogens is 422 g/mol. The molecule has 10 heteroatoms. The number of pyridine rings is 1. The van der Waals surface area contributed by atoms with Crippen LogP contribution in [0.4, 0.5) is 5.00 Å². The quantitative estimate of drug-likeness (QED) is 0.419. The predicted molar refractivity (Wildman–Crippen MR) is 115 cm³/mol. The van der Waals surface area contributed by atoms with E-state index in [1.54, 1.807) is 24.4 Å². The molecule has 0 aromatic carbocycles. The third-order valence-electron chi connectivity index (χ3n) is 4.41. The number of methoxy groups -OCH3 is 1. The van der Waals surface area contributed by atoms with Crippen molar-refractivity contribution in [2.45, 2.75) is 20.8 Å². The van der Waals surface area contributed by atoms with Crippen molar-refractivity contribution >= 4 is 39.8 Å². The molecule has 3 aromatic heterocycles. The minimum absolute atomic E-state index is 0.0732. The van der Waals surface area contributed by atoms with Gasteiger partial charge in [-0.05, 0) is 44.0 Å². The van der Waals surface area contributed by atoms with Crippen LogP contribution in [0.15, 0.2) is 24.5 Å². The average Bonchev–Trinajstić information content (AvgIpc) is 3.29. The molecule has 0 bridgehead atoms. The fourth-order valence-corrected chi connectivity index (χ4v) is 3.97. The Kier molecular flexibility index (Phi) is 7.03. The molecule has 164 valence electrons. The van der Waals surface area contributed by atoms with Crippen molar-refractivity contribution in [2.24, 2.45) is 0 Å². The van der Waals surface area contributed by atoms with Crippen molar-refractivity contribution < 1.29 is 28.6 Å². The maximum Gasteiger partial charge on any atom is 0.348 e. The molecular formula is C21H23N3O6S. The highest BCUT2D eigenvalue weighted by atomic mass is 32.1. The van der Waals surface area contributed by atoms with Gasteiger partial charge >= 0.3 is 11.9 Å². The molecule has 0 spiro atoms. The van der Waals surface area contributed by atoms with E-state index in [0.29, 0.717) is 11.2 Å². The standard InChI is InChI=1S/C21H23N3O6S/c1-5-29-20(26)16-13(3)17(21(27)30-9-8-28-4)31-19(16)23-18(25)14-11-24-7-6-12(2)10-15(24)22-14/h6-7,10-11H,5,8-9H2,1-4H3,(H,23,25). The summed E-state index contributed by atoms with van der Waals surface area (Å²) in [4.78, 5) is 42.3. The molecule has 3 rings (SSSR count). The Morgan fingerprint density at radius 2 is 1.94 bits per heavy atom. The van der Waals surface area contributed by atoms with Crippen molar-refractivity contribution in [2.75, 3.05) is 32.2 Å². The van der Waals surface area contributed by atoms with Gasteiger partial charge in [-0.2, -0.15) is 0 Å². The number of nitrogens with one attached hydrogen (secondary N) is 1. The van der Waals surface area contributed by atoms with E-state index in [9.17, 15) is 14.4 Å². The van der Waals surface area contributed by atoms with Crippen LogP contribution in [0.25, 0.3) is 5.65 Å². The number of aromatic nitrogens is 2. The number of esters is 2. The van der Waals surface area contributed by atoms with E-state index < -0.39 is 17.8 Å². The normalized spacial score (nSPS) is 10.8. The summed E-state index contributed by atoms with van der Waals surface area (Å²) in [6.45, 7) is 5.69. The van der Waals surface area contributed by atoms with E-state index in [4.69, 9.17) is 14.2 Å². The number of amides is 1. The minimum atomic E-state index is -0.631. The summed E-state index contributed by atoms with van der Waals surface area (Å²) < 4.78 is 16.9. The highest BCUT2D eigenvalue weighted by Gasteiger charge is 2.28. The summed E-state index contributed by atoms with van der Waals surface area (Å²) >= 11 is 0.956. The molecule has 1 amide bonds. The van der Waals surface area contributed by atoms with Gasteiger partial charge in [-0.25, -0.2) is 14.6 Å². The van der Waals surface area contributed by atoms with Gasteiger partial charge in [0.1, 0.15) is 27.8 Å². The van der Waals surface area contributed by atoms with E-state index in [0.717, 1.165) is 16.9 Å². The molecule has 3 heterocycles. The average molecular weight is 445 g/mol. The molecule has 0 saturated carbocycles. The first-order valence-electron chi connectivity index (χ1n) is 9.59. The molecule has 0 fully saturated rings. The Labute approximate surface area is 182 Å². The van der Waals surface area contributed by atoms with Crippen LogP contribution in [0.5, 0.6) is 0 Å². The van der Waals surface area contributed by atoms with Gasteiger partial charge in [-0.1, -0.05) is 0 Å². The molecule has 0 radical (unpaired) electrons. The Bertz CT molecular complexity index is 1130. The molecule has 0 aliphatic heterocycles. The summed E-state index contributed by atoms with van der Waals surface area (Å²) in [5.41, 5.74) is 2.32. The first-order valence-corrected chi connectivity index (χ1v) is 10.4. The minimum Gasteiger partial charge on any atom is -0.462 e. The van der Waals surface area contributed by atoms with Crippen LogP contribution in [0, 0.1) is 13.8 Å². The lowest BCUT2D eigenvalue weighted by Gasteiger charge is -2.06. The number of aryl methyl sites for hydroxylation is 1. The number of ether oxygens (including phenoxy) is 3. The third-order valence-corrected chi connectivity index (χ3v) is 5.60. The van der Waals surface area contributed by atoms with E-state index in [1.165, 1.54) is 7.11 Å². The summed E-state index contributed by atoms with van der Waals surface area (Å²) in [6.07, 6.45) is 3.40. The fraction of sp³-hybridized carbons (Fsp3) is 0.333. The maximum absolute atomic E-state index is 12.8. The highest BCUT2D eigenvalue weighted by Crippen LogP contribution is 2.34. The summed E-state index contributed by atoms with van der Waals surface area (Å²) in [5.74, 6) is -1.74. The van der Waals surface area contributed by atoms with Crippen molar-refractivity contribution in [3.8, 4) is 0 Å². The van der Waals surface area contributed by atoms with Gasteiger partial charge in [-0.3, -0.25) is 4.79 Å². The largest absolute Gasteiger partial charge is 0.462 e. The molecule has 0 atom stereocenters. The van der Waals surface area contributed by atoms with Crippen LogP contribution in [-0.4, -0.2) is 54.2 Å². The van der Waals surface area contributed by atoms with Gasteiger partial charge in [0.15, 0.2) is 0 Å². The monoisotopic (exact) mass is 445 g/mol. The molecule has 0 aliphatic carbocycles. The first kappa shape index (κ1) is 22.4. The number of carbonyl (C=O) groups excluding carboxylic acids is 3. The number of hydrogen-bond acceptors (Lipinski definition) is 8. The SMILES string of the molecule is CCOC(=O)c1c(NC(=O)c2cn3ccc(C)cc3n2)sc(C(=O)OCCOC)c1C. The topological polar surface area (TPSA) is 108 Å². The Hall–Kier alpha value is -3.24. The van der Waals surface area contributed by atoms with Gasteiger partial charge in [0.25, 0.3) is 5.91 Å². The Morgan fingerprint density at radius 1 is 1.16 bits per heavy atom. The van der Waals surface area contributed by atoms with Gasteiger partial charge in [0.2, 0.25) is 0 Å². The van der Waals surface area contributed by atoms with Crippen LogP contribution >= 0.6 is 11.3 Å². The second kappa shape index (κ2) is 9.71. The van der Waals surface area contributed by atoms with Crippen LogP contribution in [0.2, 0.25) is 0 Å². The van der Waals surface area contributed by atoms with Crippen LogP contribution in [0.1, 0.15) is 48.6 Å². The molecule has 31 heavy (non-hydrogen) atoms. The molecule has 0 unspecified atom stereocenters. The smallest absolute Gasteiger partial charge is 0.348 e. The molecule has 0 saturated heterocycles. The summed E-state index contributed by atoms with van der Waals surface area (Å²) in [6, 6.07) is 3.75. The van der Waals surface area contributed by atoms with Crippen LogP contribution in [0.3, 0.4) is 0 Å². The predicted octanol–water partition coefficient (Wildman–Crippen LogP) is 3.24. The number of fused-ring (bicyclic) bond motifs is 1. The zero-order valence-electron chi connectivity index (χ0n) is 17.7. The molecule has 1 N–H and O–H groups in total. The van der Waals surface area contributed by atoms with Gasteiger partial charge in [0.05, 0.1) is 18.8 Å². The number of anilines is 1. The lowest BCUT2D eigenvalue weighted by Crippen LogP contribution is -2.15. The highest BCUT2D eigenvalue weighted by molar-refractivity contribution is 7.18. The number of imidazole rings is 1. The van der Waals surface area contributed by atoms with Crippen molar-refractivity contribution in [1.82, 2.24) is 9.38 Å².